The highest BCUT2D eigenvalue weighted by Crippen LogP contribution is 2.27. The lowest BCUT2D eigenvalue weighted by Gasteiger charge is -2.23. The largest absolute Gasteiger partial charge is 0.497 e. The van der Waals surface area contributed by atoms with Gasteiger partial charge in [0.1, 0.15) is 5.75 Å². The lowest BCUT2D eigenvalue weighted by Crippen LogP contribution is -2.24. The fourth-order valence-corrected chi connectivity index (χ4v) is 2.02. The van der Waals surface area contributed by atoms with Crippen molar-refractivity contribution in [3.63, 3.8) is 0 Å². The first-order valence-corrected chi connectivity index (χ1v) is 5.86. The van der Waals surface area contributed by atoms with E-state index in [4.69, 9.17) is 4.74 Å². The van der Waals surface area contributed by atoms with Crippen molar-refractivity contribution in [1.82, 2.24) is 9.78 Å². The lowest BCUT2D eigenvalue weighted by atomic mass is 9.90. The standard InChI is InChI=1S/C14H18N2O2/c1-14(17,8-11-9-15-16(2)10-11)12-5-4-6-13(7-12)18-3/h4-7,9-10,17H,8H2,1-3H3. The van der Waals surface area contributed by atoms with Gasteiger partial charge in [-0.25, -0.2) is 0 Å². The van der Waals surface area contributed by atoms with Gasteiger partial charge in [-0.05, 0) is 30.2 Å². The molecule has 1 N–H and O–H groups in total. The van der Waals surface area contributed by atoms with Crippen molar-refractivity contribution in [2.45, 2.75) is 18.9 Å². The Labute approximate surface area is 107 Å². The highest BCUT2D eigenvalue weighted by atomic mass is 16.5. The van der Waals surface area contributed by atoms with Crippen molar-refractivity contribution in [2.75, 3.05) is 7.11 Å². The van der Waals surface area contributed by atoms with Crippen LogP contribution in [-0.2, 0) is 19.1 Å². The van der Waals surface area contributed by atoms with E-state index in [1.54, 1.807) is 24.9 Å². The van der Waals surface area contributed by atoms with Crippen LogP contribution in [0.5, 0.6) is 5.75 Å². The summed E-state index contributed by atoms with van der Waals surface area (Å²) >= 11 is 0. The molecule has 1 unspecified atom stereocenters. The van der Waals surface area contributed by atoms with Crippen LogP contribution in [0.15, 0.2) is 36.7 Å². The quantitative estimate of drug-likeness (QED) is 0.896. The van der Waals surface area contributed by atoms with Crippen molar-refractivity contribution >= 4 is 0 Å². The Balaban J connectivity index is 2.23. The SMILES string of the molecule is COc1cccc(C(C)(O)Cc2cnn(C)c2)c1. The Hall–Kier alpha value is -1.81. The van der Waals surface area contributed by atoms with Crippen molar-refractivity contribution in [3.8, 4) is 5.75 Å². The Kier molecular flexibility index (Phi) is 3.39. The molecule has 0 spiro atoms. The molecule has 1 aromatic carbocycles. The summed E-state index contributed by atoms with van der Waals surface area (Å²) in [5.41, 5.74) is 0.911. The number of hydrogen-bond acceptors (Lipinski definition) is 3. The Morgan fingerprint density at radius 1 is 1.44 bits per heavy atom. The Bertz CT molecular complexity index is 532. The van der Waals surface area contributed by atoms with Crippen LogP contribution >= 0.6 is 0 Å². The predicted octanol–water partition coefficient (Wildman–Crippen LogP) is 1.88. The molecular formula is C14H18N2O2. The van der Waals surface area contributed by atoms with Crippen molar-refractivity contribution in [1.29, 1.82) is 0 Å². The number of ether oxygens (including phenoxy) is 1. The van der Waals surface area contributed by atoms with Gasteiger partial charge in [-0.1, -0.05) is 12.1 Å². The number of rotatable bonds is 4. The molecule has 0 aliphatic rings. The van der Waals surface area contributed by atoms with E-state index in [1.807, 2.05) is 37.5 Å². The molecular weight excluding hydrogens is 228 g/mol. The van der Waals surface area contributed by atoms with Crippen molar-refractivity contribution in [2.24, 2.45) is 7.05 Å². The van der Waals surface area contributed by atoms with Gasteiger partial charge in [0.15, 0.2) is 0 Å². The van der Waals surface area contributed by atoms with Gasteiger partial charge in [-0.2, -0.15) is 5.10 Å². The minimum Gasteiger partial charge on any atom is -0.497 e. The summed E-state index contributed by atoms with van der Waals surface area (Å²) in [7, 11) is 3.48. The van der Waals surface area contributed by atoms with Gasteiger partial charge in [-0.15, -0.1) is 0 Å². The van der Waals surface area contributed by atoms with Crippen LogP contribution in [0, 0.1) is 0 Å². The summed E-state index contributed by atoms with van der Waals surface area (Å²) in [4.78, 5) is 0. The summed E-state index contributed by atoms with van der Waals surface area (Å²) in [6.07, 6.45) is 4.21. The molecule has 96 valence electrons. The molecule has 1 atom stereocenters. The first kappa shape index (κ1) is 12.6. The topological polar surface area (TPSA) is 47.3 Å². The van der Waals surface area contributed by atoms with Crippen LogP contribution in [0.3, 0.4) is 0 Å². The summed E-state index contributed by atoms with van der Waals surface area (Å²) < 4.78 is 6.91. The fourth-order valence-electron chi connectivity index (χ4n) is 2.02. The maximum Gasteiger partial charge on any atom is 0.119 e. The number of methoxy groups -OCH3 is 1. The Morgan fingerprint density at radius 3 is 2.83 bits per heavy atom. The smallest absolute Gasteiger partial charge is 0.119 e. The lowest BCUT2D eigenvalue weighted by molar-refractivity contribution is 0.0574. The highest BCUT2D eigenvalue weighted by Gasteiger charge is 2.24. The van der Waals surface area contributed by atoms with Gasteiger partial charge in [0, 0.05) is 19.7 Å². The second-order valence-corrected chi connectivity index (χ2v) is 4.70. The molecule has 0 amide bonds. The predicted molar refractivity (Wildman–Crippen MR) is 69.5 cm³/mol. The number of hydrogen-bond donors (Lipinski definition) is 1. The molecule has 2 rings (SSSR count). The fraction of sp³-hybridized carbons (Fsp3) is 0.357. The summed E-state index contributed by atoms with van der Waals surface area (Å²) in [5, 5.41) is 14.7. The van der Waals surface area contributed by atoms with Crippen molar-refractivity contribution < 1.29 is 9.84 Å². The molecule has 0 saturated heterocycles. The average Bonchev–Trinajstić information content (AvgIpc) is 2.74. The molecule has 0 bridgehead atoms. The van der Waals surface area contributed by atoms with Gasteiger partial charge >= 0.3 is 0 Å². The van der Waals surface area contributed by atoms with E-state index in [-0.39, 0.29) is 0 Å². The molecule has 1 heterocycles. The Morgan fingerprint density at radius 2 is 2.22 bits per heavy atom. The zero-order valence-corrected chi connectivity index (χ0v) is 10.9. The molecule has 0 aliphatic carbocycles. The molecule has 0 aliphatic heterocycles. The van der Waals surface area contributed by atoms with Crippen LogP contribution in [0.4, 0.5) is 0 Å². The molecule has 18 heavy (non-hydrogen) atoms. The third kappa shape index (κ3) is 2.71. The summed E-state index contributed by atoms with van der Waals surface area (Å²) in [5.74, 6) is 0.749. The van der Waals surface area contributed by atoms with Crippen LogP contribution in [-0.4, -0.2) is 22.0 Å². The maximum atomic E-state index is 10.6. The van der Waals surface area contributed by atoms with E-state index in [0.29, 0.717) is 6.42 Å². The molecule has 1 aromatic heterocycles. The minimum atomic E-state index is -0.933. The van der Waals surface area contributed by atoms with E-state index >= 15 is 0 Å². The van der Waals surface area contributed by atoms with Gasteiger partial charge in [-0.3, -0.25) is 4.68 Å². The van der Waals surface area contributed by atoms with E-state index in [2.05, 4.69) is 5.10 Å². The first-order chi connectivity index (χ1) is 8.51. The van der Waals surface area contributed by atoms with Gasteiger partial charge in [0.25, 0.3) is 0 Å². The molecule has 2 aromatic rings. The van der Waals surface area contributed by atoms with Gasteiger partial charge in [0.2, 0.25) is 0 Å². The summed E-state index contributed by atoms with van der Waals surface area (Å²) in [6, 6.07) is 7.50. The monoisotopic (exact) mass is 246 g/mol. The van der Waals surface area contributed by atoms with E-state index in [1.165, 1.54) is 0 Å². The highest BCUT2D eigenvalue weighted by molar-refractivity contribution is 5.33. The molecule has 0 radical (unpaired) electrons. The average molecular weight is 246 g/mol. The summed E-state index contributed by atoms with van der Waals surface area (Å²) in [6.45, 7) is 1.80. The number of nitrogens with zero attached hydrogens (tertiary/aromatic N) is 2. The van der Waals surface area contributed by atoms with E-state index in [0.717, 1.165) is 16.9 Å². The van der Waals surface area contributed by atoms with Crippen molar-refractivity contribution in [3.05, 3.63) is 47.8 Å². The van der Waals surface area contributed by atoms with Crippen LogP contribution in [0.25, 0.3) is 0 Å². The zero-order chi connectivity index (χ0) is 13.2. The van der Waals surface area contributed by atoms with Gasteiger partial charge < -0.3 is 9.84 Å². The number of benzene rings is 1. The number of aromatic nitrogens is 2. The van der Waals surface area contributed by atoms with Crippen LogP contribution in [0.2, 0.25) is 0 Å². The van der Waals surface area contributed by atoms with Crippen LogP contribution < -0.4 is 4.74 Å². The minimum absolute atomic E-state index is 0.522. The van der Waals surface area contributed by atoms with Crippen LogP contribution in [0.1, 0.15) is 18.1 Å². The normalized spacial score (nSPS) is 14.2. The third-order valence-electron chi connectivity index (χ3n) is 3.00. The first-order valence-electron chi connectivity index (χ1n) is 5.86. The van der Waals surface area contributed by atoms with E-state index < -0.39 is 5.60 Å². The number of aliphatic hydroxyl groups is 1. The molecule has 0 fully saturated rings. The van der Waals surface area contributed by atoms with Gasteiger partial charge in [0.05, 0.1) is 18.9 Å². The molecule has 4 nitrogen and oxygen atoms in total. The second kappa shape index (κ2) is 4.82. The maximum absolute atomic E-state index is 10.6. The molecule has 4 heteroatoms. The number of aryl methyl sites for hydroxylation is 1. The van der Waals surface area contributed by atoms with E-state index in [9.17, 15) is 5.11 Å². The molecule has 0 saturated carbocycles. The second-order valence-electron chi connectivity index (χ2n) is 4.70. The zero-order valence-electron chi connectivity index (χ0n) is 10.9. The third-order valence-corrected chi connectivity index (χ3v) is 3.00.